The number of hydrogen-bond donors (Lipinski definition) is 2. The van der Waals surface area contributed by atoms with Crippen molar-refractivity contribution in [3.63, 3.8) is 0 Å². The van der Waals surface area contributed by atoms with Gasteiger partial charge >= 0.3 is 0 Å². The van der Waals surface area contributed by atoms with Crippen molar-refractivity contribution in [1.82, 2.24) is 14.9 Å². The van der Waals surface area contributed by atoms with Gasteiger partial charge in [0.25, 0.3) is 0 Å². The number of ketones is 1. The molecule has 156 valence electrons. The number of piperidine rings is 2. The largest absolute Gasteiger partial charge is 0.351 e. The van der Waals surface area contributed by atoms with Crippen LogP contribution in [-0.4, -0.2) is 56.1 Å². The maximum Gasteiger partial charge on any atom is 0.243 e. The Morgan fingerprint density at radius 3 is 2.43 bits per heavy atom. The SMILES string of the molecule is CC(=O)c1ccc(S(=O)(=O)N2CCCCC2C(=O)N[C@H]2CCCNC2)cc1.Cl. The minimum Gasteiger partial charge on any atom is -0.351 e. The lowest BCUT2D eigenvalue weighted by molar-refractivity contribution is -0.126. The first-order valence-corrected chi connectivity index (χ1v) is 11.0. The fourth-order valence-electron chi connectivity index (χ4n) is 3.72. The van der Waals surface area contributed by atoms with Crippen molar-refractivity contribution in [2.45, 2.75) is 56.0 Å². The lowest BCUT2D eigenvalue weighted by atomic mass is 10.0. The summed E-state index contributed by atoms with van der Waals surface area (Å²) in [6.45, 7) is 3.44. The van der Waals surface area contributed by atoms with Gasteiger partial charge in [-0.05, 0) is 51.3 Å². The van der Waals surface area contributed by atoms with Gasteiger partial charge in [-0.25, -0.2) is 8.42 Å². The fraction of sp³-hybridized carbons (Fsp3) is 0.579. The fourth-order valence-corrected chi connectivity index (χ4v) is 5.38. The standard InChI is InChI=1S/C19H27N3O4S.ClH/c1-14(23)15-7-9-17(10-8-15)27(25,26)22-12-3-2-6-18(22)19(24)21-16-5-4-11-20-13-16;/h7-10,16,18,20H,2-6,11-13H2,1H3,(H,21,24);1H/t16-,18?;/m0./s1. The molecule has 2 heterocycles. The van der Waals surface area contributed by atoms with Gasteiger partial charge in [0.1, 0.15) is 6.04 Å². The summed E-state index contributed by atoms with van der Waals surface area (Å²) in [5.41, 5.74) is 0.465. The van der Waals surface area contributed by atoms with E-state index in [0.29, 0.717) is 18.5 Å². The maximum atomic E-state index is 13.1. The van der Waals surface area contributed by atoms with Gasteiger partial charge in [-0.2, -0.15) is 4.31 Å². The average Bonchev–Trinajstić information content (AvgIpc) is 2.69. The molecule has 9 heteroatoms. The Bertz CT molecular complexity index is 792. The van der Waals surface area contributed by atoms with E-state index in [9.17, 15) is 18.0 Å². The van der Waals surface area contributed by atoms with Crippen LogP contribution in [0.3, 0.4) is 0 Å². The van der Waals surface area contributed by atoms with Crippen molar-refractivity contribution < 1.29 is 18.0 Å². The Balaban J connectivity index is 0.00000280. The molecule has 0 bridgehead atoms. The Morgan fingerprint density at radius 1 is 1.11 bits per heavy atom. The van der Waals surface area contributed by atoms with Crippen LogP contribution in [0.15, 0.2) is 29.2 Å². The highest BCUT2D eigenvalue weighted by Crippen LogP contribution is 2.26. The number of benzene rings is 1. The molecule has 2 saturated heterocycles. The zero-order chi connectivity index (χ0) is 19.4. The smallest absolute Gasteiger partial charge is 0.243 e. The van der Waals surface area contributed by atoms with E-state index in [0.717, 1.165) is 38.8 Å². The van der Waals surface area contributed by atoms with E-state index in [-0.39, 0.29) is 35.0 Å². The van der Waals surface area contributed by atoms with Crippen LogP contribution in [0.5, 0.6) is 0 Å². The molecule has 0 aromatic heterocycles. The van der Waals surface area contributed by atoms with Gasteiger partial charge < -0.3 is 10.6 Å². The van der Waals surface area contributed by atoms with Crippen LogP contribution in [0.25, 0.3) is 0 Å². The summed E-state index contributed by atoms with van der Waals surface area (Å²) in [4.78, 5) is 24.3. The van der Waals surface area contributed by atoms with Crippen molar-refractivity contribution in [2.24, 2.45) is 0 Å². The van der Waals surface area contributed by atoms with Gasteiger partial charge in [0.05, 0.1) is 4.90 Å². The van der Waals surface area contributed by atoms with E-state index >= 15 is 0 Å². The Hall–Kier alpha value is -1.48. The normalized spacial score (nSPS) is 23.5. The molecule has 28 heavy (non-hydrogen) atoms. The molecule has 1 aromatic carbocycles. The van der Waals surface area contributed by atoms with E-state index < -0.39 is 16.1 Å². The molecule has 3 rings (SSSR count). The van der Waals surface area contributed by atoms with Gasteiger partial charge in [0.2, 0.25) is 15.9 Å². The molecule has 1 amide bonds. The highest BCUT2D eigenvalue weighted by atomic mass is 35.5. The third-order valence-corrected chi connectivity index (χ3v) is 7.19. The number of sulfonamides is 1. The van der Waals surface area contributed by atoms with E-state index in [1.165, 1.54) is 35.5 Å². The molecule has 1 aromatic rings. The van der Waals surface area contributed by atoms with Gasteiger partial charge in [0.15, 0.2) is 5.78 Å². The number of nitrogens with zero attached hydrogens (tertiary/aromatic N) is 1. The Morgan fingerprint density at radius 2 is 1.82 bits per heavy atom. The summed E-state index contributed by atoms with van der Waals surface area (Å²) in [6, 6.07) is 5.29. The van der Waals surface area contributed by atoms with Crippen LogP contribution in [0.2, 0.25) is 0 Å². The highest BCUT2D eigenvalue weighted by molar-refractivity contribution is 7.89. The molecule has 0 aliphatic carbocycles. The molecule has 2 aliphatic rings. The Labute approximate surface area is 172 Å². The van der Waals surface area contributed by atoms with Crippen molar-refractivity contribution in [1.29, 1.82) is 0 Å². The minimum absolute atomic E-state index is 0. The molecule has 2 fully saturated rings. The van der Waals surface area contributed by atoms with Crippen molar-refractivity contribution in [3.05, 3.63) is 29.8 Å². The lowest BCUT2D eigenvalue weighted by Gasteiger charge is -2.35. The number of amides is 1. The van der Waals surface area contributed by atoms with Crippen molar-refractivity contribution in [3.8, 4) is 0 Å². The van der Waals surface area contributed by atoms with Crippen LogP contribution in [-0.2, 0) is 14.8 Å². The van der Waals surface area contributed by atoms with Crippen LogP contribution in [0, 0.1) is 0 Å². The van der Waals surface area contributed by atoms with Gasteiger partial charge in [-0.1, -0.05) is 18.6 Å². The molecule has 1 unspecified atom stereocenters. The number of Topliss-reactive ketones (excluding diaryl/α,β-unsaturated/α-hetero) is 1. The van der Waals surface area contributed by atoms with Crippen LogP contribution in [0.1, 0.15) is 49.4 Å². The first-order chi connectivity index (χ1) is 12.9. The van der Waals surface area contributed by atoms with Crippen LogP contribution in [0.4, 0.5) is 0 Å². The summed E-state index contributed by atoms with van der Waals surface area (Å²) < 4.78 is 27.6. The Kier molecular flexibility index (Phi) is 8.00. The second kappa shape index (κ2) is 9.82. The van der Waals surface area contributed by atoms with Gasteiger partial charge in [-0.3, -0.25) is 9.59 Å². The summed E-state index contributed by atoms with van der Waals surface area (Å²) in [7, 11) is -3.79. The predicted molar refractivity (Wildman–Crippen MR) is 109 cm³/mol. The van der Waals surface area contributed by atoms with Gasteiger partial charge in [0, 0.05) is 24.7 Å². The zero-order valence-corrected chi connectivity index (χ0v) is 17.7. The molecule has 0 spiro atoms. The second-order valence-corrected chi connectivity index (χ2v) is 9.15. The van der Waals surface area contributed by atoms with E-state index in [1.54, 1.807) is 0 Å². The molecule has 2 atom stereocenters. The average molecular weight is 430 g/mol. The topological polar surface area (TPSA) is 95.6 Å². The molecular formula is C19H28ClN3O4S. The molecule has 2 N–H and O–H groups in total. The number of halogens is 1. The second-order valence-electron chi connectivity index (χ2n) is 7.26. The van der Waals surface area contributed by atoms with Gasteiger partial charge in [-0.15, -0.1) is 12.4 Å². The number of carbonyl (C=O) groups excluding carboxylic acids is 2. The number of hydrogen-bond acceptors (Lipinski definition) is 5. The van der Waals surface area contributed by atoms with Crippen LogP contribution < -0.4 is 10.6 Å². The minimum atomic E-state index is -3.79. The molecule has 7 nitrogen and oxygen atoms in total. The first-order valence-electron chi connectivity index (χ1n) is 9.53. The highest BCUT2D eigenvalue weighted by Gasteiger charge is 2.38. The lowest BCUT2D eigenvalue weighted by Crippen LogP contribution is -2.55. The number of nitrogens with one attached hydrogen (secondary N) is 2. The number of rotatable bonds is 5. The van der Waals surface area contributed by atoms with E-state index in [2.05, 4.69) is 10.6 Å². The summed E-state index contributed by atoms with van der Waals surface area (Å²) in [5, 5.41) is 6.26. The number of carbonyl (C=O) groups is 2. The van der Waals surface area contributed by atoms with Crippen LogP contribution >= 0.6 is 12.4 Å². The van der Waals surface area contributed by atoms with Crippen molar-refractivity contribution in [2.75, 3.05) is 19.6 Å². The summed E-state index contributed by atoms with van der Waals surface area (Å²) >= 11 is 0. The summed E-state index contributed by atoms with van der Waals surface area (Å²) in [5.74, 6) is -0.331. The quantitative estimate of drug-likeness (QED) is 0.695. The molecular weight excluding hydrogens is 402 g/mol. The molecule has 2 aliphatic heterocycles. The summed E-state index contributed by atoms with van der Waals surface area (Å²) in [6.07, 6.45) is 4.00. The monoisotopic (exact) mass is 429 g/mol. The molecule has 0 radical (unpaired) electrons. The third-order valence-electron chi connectivity index (χ3n) is 5.27. The third kappa shape index (κ3) is 5.11. The predicted octanol–water partition coefficient (Wildman–Crippen LogP) is 1.72. The van der Waals surface area contributed by atoms with E-state index in [1.807, 2.05) is 0 Å². The van der Waals surface area contributed by atoms with Crippen molar-refractivity contribution >= 4 is 34.1 Å². The first kappa shape index (κ1) is 22.8. The maximum absolute atomic E-state index is 13.1. The molecule has 0 saturated carbocycles. The zero-order valence-electron chi connectivity index (χ0n) is 16.0. The van der Waals surface area contributed by atoms with E-state index in [4.69, 9.17) is 0 Å².